The molecule has 2 aromatic rings. The average Bonchev–Trinajstić information content (AvgIpc) is 2.38. The molecule has 1 nitrogen and oxygen atoms in total. The summed E-state index contributed by atoms with van der Waals surface area (Å²) in [5.41, 5.74) is 1.97. The Morgan fingerprint density at radius 2 is 1.74 bits per heavy atom. The zero-order valence-corrected chi connectivity index (χ0v) is 12.6. The van der Waals surface area contributed by atoms with E-state index in [1.165, 1.54) is 0 Å². The molecule has 0 N–H and O–H groups in total. The summed E-state index contributed by atoms with van der Waals surface area (Å²) < 4.78 is 5.68. The third-order valence-electron chi connectivity index (χ3n) is 2.75. The van der Waals surface area contributed by atoms with E-state index in [-0.39, 0.29) is 5.38 Å². The lowest BCUT2D eigenvalue weighted by Gasteiger charge is -2.09. The van der Waals surface area contributed by atoms with Crippen molar-refractivity contribution >= 4 is 34.8 Å². The Bertz CT molecular complexity index is 550. The van der Waals surface area contributed by atoms with Crippen molar-refractivity contribution in [1.29, 1.82) is 0 Å². The van der Waals surface area contributed by atoms with Crippen LogP contribution in [0.5, 0.6) is 5.75 Å². The summed E-state index contributed by atoms with van der Waals surface area (Å²) in [6, 6.07) is 13.1. The minimum absolute atomic E-state index is 0.000223. The molecular weight excluding hydrogens is 303 g/mol. The Balaban J connectivity index is 2.02. The summed E-state index contributed by atoms with van der Waals surface area (Å²) in [6.07, 6.45) is 0. The summed E-state index contributed by atoms with van der Waals surface area (Å²) in [7, 11) is 0. The van der Waals surface area contributed by atoms with E-state index in [1.54, 1.807) is 12.1 Å². The van der Waals surface area contributed by atoms with Crippen LogP contribution in [0.2, 0.25) is 10.0 Å². The van der Waals surface area contributed by atoms with Crippen molar-refractivity contribution < 1.29 is 4.74 Å². The molecular formula is C15H13Cl3O. The lowest BCUT2D eigenvalue weighted by Crippen LogP contribution is -1.96. The summed E-state index contributed by atoms with van der Waals surface area (Å²) in [4.78, 5) is 0. The number of rotatable bonds is 4. The lowest BCUT2D eigenvalue weighted by atomic mass is 10.1. The molecule has 0 aliphatic heterocycles. The van der Waals surface area contributed by atoms with E-state index in [2.05, 4.69) is 0 Å². The first kappa shape index (κ1) is 14.5. The number of halogens is 3. The van der Waals surface area contributed by atoms with Gasteiger partial charge in [0.1, 0.15) is 12.4 Å². The van der Waals surface area contributed by atoms with Crippen molar-refractivity contribution in [2.75, 3.05) is 0 Å². The highest BCUT2D eigenvalue weighted by molar-refractivity contribution is 6.35. The van der Waals surface area contributed by atoms with Gasteiger partial charge >= 0.3 is 0 Å². The molecule has 0 aliphatic rings. The lowest BCUT2D eigenvalue weighted by molar-refractivity contribution is 0.306. The molecule has 0 aromatic heterocycles. The summed E-state index contributed by atoms with van der Waals surface area (Å²) >= 11 is 17.9. The average molecular weight is 316 g/mol. The fourth-order valence-corrected chi connectivity index (χ4v) is 2.24. The van der Waals surface area contributed by atoms with E-state index in [9.17, 15) is 0 Å². The molecule has 0 heterocycles. The topological polar surface area (TPSA) is 9.23 Å². The van der Waals surface area contributed by atoms with Crippen molar-refractivity contribution in [2.24, 2.45) is 0 Å². The normalized spacial score (nSPS) is 12.2. The molecule has 2 rings (SSSR count). The Kier molecular flexibility index (Phi) is 4.98. The Hall–Kier alpha value is -0.890. The van der Waals surface area contributed by atoms with Crippen molar-refractivity contribution in [3.8, 4) is 5.75 Å². The quantitative estimate of drug-likeness (QED) is 0.641. The fraction of sp³-hybridized carbons (Fsp3) is 0.200. The number of ether oxygens (including phenoxy) is 1. The Morgan fingerprint density at radius 3 is 2.32 bits per heavy atom. The third kappa shape index (κ3) is 4.04. The number of benzene rings is 2. The monoisotopic (exact) mass is 314 g/mol. The largest absolute Gasteiger partial charge is 0.489 e. The molecule has 0 amide bonds. The van der Waals surface area contributed by atoms with E-state index in [0.717, 1.165) is 16.9 Å². The van der Waals surface area contributed by atoms with Crippen molar-refractivity contribution in [2.45, 2.75) is 18.9 Å². The smallest absolute Gasteiger partial charge is 0.119 e. The second kappa shape index (κ2) is 6.51. The Morgan fingerprint density at radius 1 is 1.05 bits per heavy atom. The number of hydrogen-bond donors (Lipinski definition) is 0. The maximum Gasteiger partial charge on any atom is 0.119 e. The van der Waals surface area contributed by atoms with Gasteiger partial charge in [-0.25, -0.2) is 0 Å². The van der Waals surface area contributed by atoms with Crippen LogP contribution in [-0.4, -0.2) is 0 Å². The minimum atomic E-state index is -0.000223. The predicted molar refractivity (Wildman–Crippen MR) is 81.5 cm³/mol. The zero-order chi connectivity index (χ0) is 13.8. The maximum atomic E-state index is 6.08. The van der Waals surface area contributed by atoms with Gasteiger partial charge in [0.15, 0.2) is 0 Å². The van der Waals surface area contributed by atoms with Gasteiger partial charge < -0.3 is 4.74 Å². The van der Waals surface area contributed by atoms with Gasteiger partial charge in [-0.05, 0) is 36.8 Å². The van der Waals surface area contributed by atoms with Crippen molar-refractivity contribution in [1.82, 2.24) is 0 Å². The first-order valence-corrected chi connectivity index (χ1v) is 7.06. The van der Waals surface area contributed by atoms with E-state index in [0.29, 0.717) is 16.7 Å². The predicted octanol–water partition coefficient (Wildman–Crippen LogP) is 5.87. The highest BCUT2D eigenvalue weighted by atomic mass is 35.5. The van der Waals surface area contributed by atoms with Crippen LogP contribution in [-0.2, 0) is 6.61 Å². The fourth-order valence-electron chi connectivity index (χ4n) is 1.63. The van der Waals surface area contributed by atoms with Crippen molar-refractivity contribution in [3.05, 3.63) is 63.6 Å². The molecule has 0 bridgehead atoms. The number of alkyl halides is 1. The first-order valence-electron chi connectivity index (χ1n) is 5.87. The molecule has 19 heavy (non-hydrogen) atoms. The van der Waals surface area contributed by atoms with Gasteiger partial charge in [0.05, 0.1) is 5.38 Å². The Labute approximate surface area is 128 Å². The summed E-state index contributed by atoms with van der Waals surface area (Å²) in [5, 5.41) is 1.23. The molecule has 0 radical (unpaired) electrons. The van der Waals surface area contributed by atoms with E-state index < -0.39 is 0 Å². The summed E-state index contributed by atoms with van der Waals surface area (Å²) in [6.45, 7) is 2.34. The minimum Gasteiger partial charge on any atom is -0.489 e. The van der Waals surface area contributed by atoms with Crippen LogP contribution in [0.25, 0.3) is 0 Å². The van der Waals surface area contributed by atoms with Crippen LogP contribution >= 0.6 is 34.8 Å². The summed E-state index contributed by atoms with van der Waals surface area (Å²) in [5.74, 6) is 0.784. The molecule has 0 spiro atoms. The molecule has 1 atom stereocenters. The van der Waals surface area contributed by atoms with Gasteiger partial charge in [-0.1, -0.05) is 41.4 Å². The van der Waals surface area contributed by atoms with Crippen molar-refractivity contribution in [3.63, 3.8) is 0 Å². The third-order valence-corrected chi connectivity index (χ3v) is 3.59. The standard InChI is InChI=1S/C15H13Cl3O/c1-10(16)11-3-6-14(7-4-11)19-9-12-2-5-13(17)8-15(12)18/h2-8,10H,9H2,1H3. The number of hydrogen-bond acceptors (Lipinski definition) is 1. The van der Waals surface area contributed by atoms with Crippen LogP contribution in [0.3, 0.4) is 0 Å². The second-order valence-electron chi connectivity index (χ2n) is 4.21. The molecule has 0 aliphatic carbocycles. The van der Waals surface area contributed by atoms with Gasteiger partial charge in [0.25, 0.3) is 0 Å². The van der Waals surface area contributed by atoms with Crippen LogP contribution in [0.15, 0.2) is 42.5 Å². The molecule has 2 aromatic carbocycles. The van der Waals surface area contributed by atoms with Gasteiger partial charge in [0, 0.05) is 15.6 Å². The second-order valence-corrected chi connectivity index (χ2v) is 5.71. The molecule has 0 saturated heterocycles. The highest BCUT2D eigenvalue weighted by Gasteiger charge is 2.04. The zero-order valence-electron chi connectivity index (χ0n) is 10.4. The highest BCUT2D eigenvalue weighted by Crippen LogP contribution is 2.24. The molecule has 1 unspecified atom stereocenters. The van der Waals surface area contributed by atoms with Gasteiger partial charge in [-0.15, -0.1) is 11.6 Å². The molecule has 4 heteroatoms. The van der Waals surface area contributed by atoms with E-state index in [1.807, 2.05) is 37.3 Å². The van der Waals surface area contributed by atoms with Crippen LogP contribution in [0.1, 0.15) is 23.4 Å². The molecule has 0 fully saturated rings. The van der Waals surface area contributed by atoms with Gasteiger partial charge in [-0.2, -0.15) is 0 Å². The van der Waals surface area contributed by atoms with Crippen LogP contribution in [0, 0.1) is 0 Å². The molecule has 0 saturated carbocycles. The SMILES string of the molecule is CC(Cl)c1ccc(OCc2ccc(Cl)cc2Cl)cc1. The van der Waals surface area contributed by atoms with Gasteiger partial charge in [-0.3, -0.25) is 0 Å². The molecule has 100 valence electrons. The maximum absolute atomic E-state index is 6.08. The van der Waals surface area contributed by atoms with Crippen LogP contribution in [0.4, 0.5) is 0 Å². The van der Waals surface area contributed by atoms with Crippen LogP contribution < -0.4 is 4.74 Å². The van der Waals surface area contributed by atoms with E-state index in [4.69, 9.17) is 39.5 Å². The van der Waals surface area contributed by atoms with E-state index >= 15 is 0 Å². The van der Waals surface area contributed by atoms with Gasteiger partial charge in [0.2, 0.25) is 0 Å². The first-order chi connectivity index (χ1) is 9.06.